The van der Waals surface area contributed by atoms with Crippen LogP contribution in [0.3, 0.4) is 0 Å². The van der Waals surface area contributed by atoms with Crippen LogP contribution in [0, 0.1) is 0 Å². The molecule has 0 spiro atoms. The Morgan fingerprint density at radius 2 is 1.45 bits per heavy atom. The molecule has 0 radical (unpaired) electrons. The molecule has 138 valence electrons. The highest BCUT2D eigenvalue weighted by Crippen LogP contribution is 2.52. The third-order valence-corrected chi connectivity index (χ3v) is 7.04. The van der Waals surface area contributed by atoms with Crippen molar-refractivity contribution in [3.63, 3.8) is 0 Å². The molecule has 0 saturated carbocycles. The molecule has 1 heterocycles. The first kappa shape index (κ1) is 16.6. The van der Waals surface area contributed by atoms with E-state index in [9.17, 15) is 4.79 Å². The van der Waals surface area contributed by atoms with Gasteiger partial charge in [-0.2, -0.15) is 0 Å². The Morgan fingerprint density at radius 3 is 2.34 bits per heavy atom. The monoisotopic (exact) mass is 391 g/mol. The summed E-state index contributed by atoms with van der Waals surface area (Å²) in [6, 6.07) is 31.1. The molecule has 0 unspecified atom stereocenters. The minimum atomic E-state index is -0.0642. The van der Waals surface area contributed by atoms with Gasteiger partial charge >= 0.3 is 0 Å². The first-order valence-corrected chi connectivity index (χ1v) is 10.6. The number of fused-ring (bicyclic) bond motifs is 4. The summed E-state index contributed by atoms with van der Waals surface area (Å²) in [4.78, 5) is 14.6. The Labute approximate surface area is 173 Å². The molecule has 4 aromatic carbocycles. The quantitative estimate of drug-likeness (QED) is 0.391. The second-order valence-electron chi connectivity index (χ2n) is 7.39. The van der Waals surface area contributed by atoms with Gasteiger partial charge in [0.15, 0.2) is 5.78 Å². The van der Waals surface area contributed by atoms with Gasteiger partial charge in [-0.1, -0.05) is 72.8 Å². The SMILES string of the molecule is O=C1C2=C(Nc3ccccc3S[C@H]2c2ccc3ccccc3c2)c2ccccc21. The van der Waals surface area contributed by atoms with Crippen molar-refractivity contribution >= 4 is 39.7 Å². The summed E-state index contributed by atoms with van der Waals surface area (Å²) < 4.78 is 0. The van der Waals surface area contributed by atoms with Gasteiger partial charge in [0.05, 0.1) is 16.6 Å². The van der Waals surface area contributed by atoms with Gasteiger partial charge < -0.3 is 5.32 Å². The summed E-state index contributed by atoms with van der Waals surface area (Å²) in [5.74, 6) is 0.126. The van der Waals surface area contributed by atoms with Gasteiger partial charge in [0.25, 0.3) is 0 Å². The minimum Gasteiger partial charge on any atom is -0.354 e. The Morgan fingerprint density at radius 1 is 0.724 bits per heavy atom. The van der Waals surface area contributed by atoms with E-state index in [0.29, 0.717) is 0 Å². The number of nitrogens with one attached hydrogen (secondary N) is 1. The van der Waals surface area contributed by atoms with Gasteiger partial charge in [0.2, 0.25) is 0 Å². The average Bonchev–Trinajstić information content (AvgIpc) is 2.94. The van der Waals surface area contributed by atoms with E-state index in [1.807, 2.05) is 30.3 Å². The van der Waals surface area contributed by atoms with Gasteiger partial charge in [0.1, 0.15) is 0 Å². The molecular weight excluding hydrogens is 374 g/mol. The highest BCUT2D eigenvalue weighted by atomic mass is 32.2. The molecule has 1 N–H and O–H groups in total. The van der Waals surface area contributed by atoms with Crippen molar-refractivity contribution in [2.75, 3.05) is 5.32 Å². The average molecular weight is 391 g/mol. The van der Waals surface area contributed by atoms with Crippen molar-refractivity contribution in [1.29, 1.82) is 0 Å². The van der Waals surface area contributed by atoms with Crippen LogP contribution in [0.25, 0.3) is 16.5 Å². The molecule has 1 aliphatic carbocycles. The molecule has 1 atom stereocenters. The lowest BCUT2D eigenvalue weighted by molar-refractivity contribution is 0.103. The minimum absolute atomic E-state index is 0.0642. The molecule has 0 fully saturated rings. The molecule has 29 heavy (non-hydrogen) atoms. The maximum atomic E-state index is 13.5. The molecule has 3 heteroatoms. The predicted octanol–water partition coefficient (Wildman–Crippen LogP) is 6.71. The van der Waals surface area contributed by atoms with E-state index in [1.54, 1.807) is 11.8 Å². The number of para-hydroxylation sites is 1. The first-order chi connectivity index (χ1) is 14.3. The fraction of sp³-hybridized carbons (Fsp3) is 0.0385. The molecule has 6 rings (SSSR count). The van der Waals surface area contributed by atoms with Crippen molar-refractivity contribution in [3.05, 3.63) is 113 Å². The first-order valence-electron chi connectivity index (χ1n) is 9.69. The van der Waals surface area contributed by atoms with Crippen molar-refractivity contribution in [3.8, 4) is 0 Å². The van der Waals surface area contributed by atoms with Gasteiger partial charge in [-0.05, 0) is 34.5 Å². The van der Waals surface area contributed by atoms with Gasteiger partial charge in [-0.15, -0.1) is 11.8 Å². The third-order valence-electron chi connectivity index (χ3n) is 5.68. The molecule has 0 aromatic heterocycles. The van der Waals surface area contributed by atoms with Crippen molar-refractivity contribution in [2.45, 2.75) is 10.1 Å². The van der Waals surface area contributed by atoms with Crippen LogP contribution in [-0.2, 0) is 0 Å². The van der Waals surface area contributed by atoms with Crippen LogP contribution in [-0.4, -0.2) is 5.78 Å². The number of Topliss-reactive ketones (excluding diaryl/α,β-unsaturated/α-hetero) is 1. The Balaban J connectivity index is 1.60. The Hall–Kier alpha value is -3.30. The summed E-state index contributed by atoms with van der Waals surface area (Å²) in [7, 11) is 0. The number of benzene rings is 4. The number of rotatable bonds is 1. The lowest BCUT2D eigenvalue weighted by Gasteiger charge is -2.18. The van der Waals surface area contributed by atoms with Crippen LogP contribution in [0.4, 0.5) is 5.69 Å². The van der Waals surface area contributed by atoms with Crippen molar-refractivity contribution in [1.82, 2.24) is 0 Å². The summed E-state index contributed by atoms with van der Waals surface area (Å²) in [6.45, 7) is 0. The molecule has 1 aliphatic heterocycles. The lowest BCUT2D eigenvalue weighted by Crippen LogP contribution is -2.07. The molecule has 0 saturated heterocycles. The Bertz CT molecular complexity index is 1340. The highest BCUT2D eigenvalue weighted by molar-refractivity contribution is 8.00. The zero-order valence-corrected chi connectivity index (χ0v) is 16.4. The normalized spacial score (nSPS) is 17.4. The standard InChI is InChI=1S/C26H17NOS/c28-25-20-10-4-3-9-19(20)24-23(25)26(29-22-12-6-5-11-21(22)27-24)18-14-13-16-7-1-2-8-17(16)15-18/h1-15,26-27H/t26-/m0/s1. The van der Waals surface area contributed by atoms with Crippen LogP contribution in [0.1, 0.15) is 26.7 Å². The topological polar surface area (TPSA) is 29.1 Å². The molecule has 4 aromatic rings. The second-order valence-corrected chi connectivity index (χ2v) is 8.54. The van der Waals surface area contributed by atoms with E-state index >= 15 is 0 Å². The number of ketones is 1. The summed E-state index contributed by atoms with van der Waals surface area (Å²) in [6.07, 6.45) is 0. The predicted molar refractivity (Wildman–Crippen MR) is 120 cm³/mol. The van der Waals surface area contributed by atoms with E-state index in [-0.39, 0.29) is 11.0 Å². The molecule has 0 amide bonds. The maximum absolute atomic E-state index is 13.5. The molecule has 0 bridgehead atoms. The van der Waals surface area contributed by atoms with Crippen molar-refractivity contribution in [2.24, 2.45) is 0 Å². The fourth-order valence-corrected chi connectivity index (χ4v) is 5.57. The fourth-order valence-electron chi connectivity index (χ4n) is 4.29. The summed E-state index contributed by atoms with van der Waals surface area (Å²) >= 11 is 1.75. The number of carbonyl (C=O) groups excluding carboxylic acids is 1. The van der Waals surface area contributed by atoms with Crippen molar-refractivity contribution < 1.29 is 4.79 Å². The van der Waals surface area contributed by atoms with E-state index in [2.05, 4.69) is 66.0 Å². The maximum Gasteiger partial charge on any atom is 0.193 e. The largest absolute Gasteiger partial charge is 0.354 e. The van der Waals surface area contributed by atoms with Crippen LogP contribution in [0.5, 0.6) is 0 Å². The van der Waals surface area contributed by atoms with Gasteiger partial charge in [-0.25, -0.2) is 0 Å². The number of hydrogen-bond acceptors (Lipinski definition) is 3. The van der Waals surface area contributed by atoms with Gasteiger partial charge in [0, 0.05) is 21.6 Å². The number of anilines is 1. The Kier molecular flexibility index (Phi) is 3.65. The lowest BCUT2D eigenvalue weighted by atomic mass is 9.98. The van der Waals surface area contributed by atoms with Crippen LogP contribution < -0.4 is 5.32 Å². The second kappa shape index (κ2) is 6.36. The van der Waals surface area contributed by atoms with Crippen LogP contribution in [0.2, 0.25) is 0 Å². The molecular formula is C26H17NOS. The number of carbonyl (C=O) groups is 1. The van der Waals surface area contributed by atoms with E-state index < -0.39 is 0 Å². The summed E-state index contributed by atoms with van der Waals surface area (Å²) in [5.41, 5.74) is 5.79. The zero-order chi connectivity index (χ0) is 19.4. The van der Waals surface area contributed by atoms with Gasteiger partial charge in [-0.3, -0.25) is 4.79 Å². The number of hydrogen-bond donors (Lipinski definition) is 1. The smallest absolute Gasteiger partial charge is 0.193 e. The van der Waals surface area contributed by atoms with Crippen LogP contribution >= 0.6 is 11.8 Å². The number of thioether (sulfide) groups is 1. The van der Waals surface area contributed by atoms with E-state index in [4.69, 9.17) is 0 Å². The molecule has 2 nitrogen and oxygen atoms in total. The third kappa shape index (κ3) is 2.55. The molecule has 2 aliphatic rings. The van der Waals surface area contributed by atoms with E-state index in [1.165, 1.54) is 10.8 Å². The highest BCUT2D eigenvalue weighted by Gasteiger charge is 2.38. The van der Waals surface area contributed by atoms with Crippen LogP contribution in [0.15, 0.2) is 101 Å². The summed E-state index contributed by atoms with van der Waals surface area (Å²) in [5, 5.41) is 5.93. The van der Waals surface area contributed by atoms with E-state index in [0.717, 1.165) is 38.5 Å². The zero-order valence-electron chi connectivity index (χ0n) is 15.6.